The van der Waals surface area contributed by atoms with Crippen LogP contribution < -0.4 is 5.63 Å². The van der Waals surface area contributed by atoms with Crippen LogP contribution >= 0.6 is 11.6 Å². The standard InChI is InChI=1S/C14H13ClO3/c1-8-7-12(16)13(14(17)18-8)9(2)10-3-5-11(15)6-4-10/h3-7,9,16H,1-2H3. The van der Waals surface area contributed by atoms with Gasteiger partial charge in [-0.15, -0.1) is 0 Å². The van der Waals surface area contributed by atoms with Crippen molar-refractivity contribution in [2.24, 2.45) is 0 Å². The fourth-order valence-corrected chi connectivity index (χ4v) is 2.05. The van der Waals surface area contributed by atoms with E-state index in [1.54, 1.807) is 19.1 Å². The fraction of sp³-hybridized carbons (Fsp3) is 0.214. The second-order valence-electron chi connectivity index (χ2n) is 4.22. The van der Waals surface area contributed by atoms with Gasteiger partial charge in [-0.05, 0) is 24.6 Å². The summed E-state index contributed by atoms with van der Waals surface area (Å²) in [5, 5.41) is 10.5. The van der Waals surface area contributed by atoms with E-state index in [-0.39, 0.29) is 17.2 Å². The first-order valence-electron chi connectivity index (χ1n) is 5.58. The van der Waals surface area contributed by atoms with E-state index in [0.717, 1.165) is 5.56 Å². The van der Waals surface area contributed by atoms with Crippen LogP contribution in [0.5, 0.6) is 5.75 Å². The Labute approximate surface area is 110 Å². The van der Waals surface area contributed by atoms with E-state index in [1.165, 1.54) is 6.07 Å². The van der Waals surface area contributed by atoms with Crippen LogP contribution in [0.15, 0.2) is 39.5 Å². The molecule has 0 aliphatic heterocycles. The number of hydrogen-bond acceptors (Lipinski definition) is 3. The first kappa shape index (κ1) is 12.7. The maximum absolute atomic E-state index is 11.8. The van der Waals surface area contributed by atoms with E-state index in [2.05, 4.69) is 0 Å². The Morgan fingerprint density at radius 2 is 1.89 bits per heavy atom. The Morgan fingerprint density at radius 3 is 2.44 bits per heavy atom. The van der Waals surface area contributed by atoms with Crippen LogP contribution in [0.2, 0.25) is 5.02 Å². The molecule has 1 aromatic carbocycles. The Kier molecular flexibility index (Phi) is 3.43. The van der Waals surface area contributed by atoms with Crippen molar-refractivity contribution in [2.45, 2.75) is 19.8 Å². The Bertz CT molecular complexity index is 614. The van der Waals surface area contributed by atoms with Gasteiger partial charge in [-0.25, -0.2) is 4.79 Å². The third-order valence-corrected chi connectivity index (χ3v) is 3.14. The monoisotopic (exact) mass is 264 g/mol. The lowest BCUT2D eigenvalue weighted by atomic mass is 9.94. The summed E-state index contributed by atoms with van der Waals surface area (Å²) >= 11 is 5.82. The first-order valence-corrected chi connectivity index (χ1v) is 5.96. The summed E-state index contributed by atoms with van der Waals surface area (Å²) in [6, 6.07) is 8.60. The third kappa shape index (κ3) is 2.41. The minimum absolute atomic E-state index is 0.0359. The van der Waals surface area contributed by atoms with Crippen molar-refractivity contribution in [3.63, 3.8) is 0 Å². The topological polar surface area (TPSA) is 50.4 Å². The lowest BCUT2D eigenvalue weighted by Crippen LogP contribution is -2.12. The van der Waals surface area contributed by atoms with Crippen LogP contribution in [0.3, 0.4) is 0 Å². The molecule has 1 unspecified atom stereocenters. The highest BCUT2D eigenvalue weighted by atomic mass is 35.5. The second-order valence-corrected chi connectivity index (χ2v) is 4.65. The summed E-state index contributed by atoms with van der Waals surface area (Å²) in [7, 11) is 0. The number of benzene rings is 1. The van der Waals surface area contributed by atoms with Crippen molar-refractivity contribution in [1.82, 2.24) is 0 Å². The molecule has 2 aromatic rings. The van der Waals surface area contributed by atoms with Crippen LogP contribution in [0, 0.1) is 6.92 Å². The van der Waals surface area contributed by atoms with Crippen molar-refractivity contribution < 1.29 is 9.52 Å². The minimum Gasteiger partial charge on any atom is -0.507 e. The van der Waals surface area contributed by atoms with Gasteiger partial charge in [0.1, 0.15) is 11.5 Å². The number of halogens is 1. The summed E-state index contributed by atoms with van der Waals surface area (Å²) in [6.45, 7) is 3.46. The molecule has 18 heavy (non-hydrogen) atoms. The summed E-state index contributed by atoms with van der Waals surface area (Å²) in [6.07, 6.45) is 0. The third-order valence-electron chi connectivity index (χ3n) is 2.89. The predicted molar refractivity (Wildman–Crippen MR) is 70.3 cm³/mol. The number of aromatic hydroxyl groups is 1. The van der Waals surface area contributed by atoms with Gasteiger partial charge in [0.2, 0.25) is 0 Å². The fourth-order valence-electron chi connectivity index (χ4n) is 1.92. The van der Waals surface area contributed by atoms with E-state index in [0.29, 0.717) is 10.8 Å². The maximum atomic E-state index is 11.8. The highest BCUT2D eigenvalue weighted by Gasteiger charge is 2.18. The van der Waals surface area contributed by atoms with Gasteiger partial charge in [-0.2, -0.15) is 0 Å². The molecule has 0 radical (unpaired) electrons. The molecule has 1 aromatic heterocycles. The highest BCUT2D eigenvalue weighted by molar-refractivity contribution is 6.30. The van der Waals surface area contributed by atoms with Gasteiger partial charge in [0.15, 0.2) is 0 Å². The molecule has 0 saturated carbocycles. The smallest absolute Gasteiger partial charge is 0.343 e. The zero-order valence-electron chi connectivity index (χ0n) is 10.1. The average Bonchev–Trinajstić information content (AvgIpc) is 2.28. The van der Waals surface area contributed by atoms with Crippen molar-refractivity contribution in [3.05, 3.63) is 62.7 Å². The van der Waals surface area contributed by atoms with E-state index >= 15 is 0 Å². The molecule has 4 heteroatoms. The molecule has 3 nitrogen and oxygen atoms in total. The van der Waals surface area contributed by atoms with Crippen molar-refractivity contribution in [2.75, 3.05) is 0 Å². The number of rotatable bonds is 2. The van der Waals surface area contributed by atoms with Gasteiger partial charge >= 0.3 is 5.63 Å². The largest absolute Gasteiger partial charge is 0.507 e. The van der Waals surface area contributed by atoms with Crippen LogP contribution in [-0.4, -0.2) is 5.11 Å². The Balaban J connectivity index is 2.49. The number of hydrogen-bond donors (Lipinski definition) is 1. The van der Waals surface area contributed by atoms with Gasteiger partial charge in [-0.3, -0.25) is 0 Å². The first-order chi connectivity index (χ1) is 8.49. The SMILES string of the molecule is Cc1cc(O)c(C(C)c2ccc(Cl)cc2)c(=O)o1. The Hall–Kier alpha value is -1.74. The summed E-state index contributed by atoms with van der Waals surface area (Å²) in [5.41, 5.74) is 0.656. The molecule has 0 amide bonds. The highest BCUT2D eigenvalue weighted by Crippen LogP contribution is 2.29. The van der Waals surface area contributed by atoms with E-state index in [1.807, 2.05) is 19.1 Å². The molecule has 0 aliphatic carbocycles. The van der Waals surface area contributed by atoms with E-state index < -0.39 is 5.63 Å². The second kappa shape index (κ2) is 4.86. The predicted octanol–water partition coefficient (Wildman–Crippen LogP) is 3.46. The van der Waals surface area contributed by atoms with Gasteiger partial charge < -0.3 is 9.52 Å². The zero-order valence-corrected chi connectivity index (χ0v) is 10.9. The molecule has 0 fully saturated rings. The summed E-state index contributed by atoms with van der Waals surface area (Å²) < 4.78 is 5.01. The lowest BCUT2D eigenvalue weighted by Gasteiger charge is -2.12. The van der Waals surface area contributed by atoms with Gasteiger partial charge in [0, 0.05) is 17.0 Å². The molecular formula is C14H13ClO3. The average molecular weight is 265 g/mol. The molecule has 1 atom stereocenters. The van der Waals surface area contributed by atoms with Crippen LogP contribution in [0.25, 0.3) is 0 Å². The van der Waals surface area contributed by atoms with Crippen molar-refractivity contribution in [3.8, 4) is 5.75 Å². The van der Waals surface area contributed by atoms with Crippen LogP contribution in [-0.2, 0) is 0 Å². The van der Waals surface area contributed by atoms with E-state index in [9.17, 15) is 9.90 Å². The van der Waals surface area contributed by atoms with Crippen LogP contribution in [0.1, 0.15) is 29.7 Å². The zero-order chi connectivity index (χ0) is 13.3. The van der Waals surface area contributed by atoms with Crippen molar-refractivity contribution >= 4 is 11.6 Å². The lowest BCUT2D eigenvalue weighted by molar-refractivity contribution is 0.419. The minimum atomic E-state index is -0.505. The van der Waals surface area contributed by atoms with Gasteiger partial charge in [0.25, 0.3) is 0 Å². The molecule has 0 saturated heterocycles. The van der Waals surface area contributed by atoms with Gasteiger partial charge in [-0.1, -0.05) is 30.7 Å². The van der Waals surface area contributed by atoms with Gasteiger partial charge in [0.05, 0.1) is 5.56 Å². The molecule has 1 heterocycles. The molecular weight excluding hydrogens is 252 g/mol. The Morgan fingerprint density at radius 1 is 1.28 bits per heavy atom. The molecule has 0 spiro atoms. The molecule has 0 aliphatic rings. The maximum Gasteiger partial charge on any atom is 0.343 e. The normalized spacial score (nSPS) is 12.4. The molecule has 1 N–H and O–H groups in total. The van der Waals surface area contributed by atoms with Crippen LogP contribution in [0.4, 0.5) is 0 Å². The van der Waals surface area contributed by atoms with Crippen molar-refractivity contribution in [1.29, 1.82) is 0 Å². The number of aryl methyl sites for hydroxylation is 1. The molecule has 0 bridgehead atoms. The van der Waals surface area contributed by atoms with E-state index in [4.69, 9.17) is 16.0 Å². The summed E-state index contributed by atoms with van der Waals surface area (Å²) in [4.78, 5) is 11.8. The molecule has 2 rings (SSSR count). The quantitative estimate of drug-likeness (QED) is 0.904. The summed E-state index contributed by atoms with van der Waals surface area (Å²) in [5.74, 6) is 0.106. The molecule has 94 valence electrons.